The minimum atomic E-state index is -0.564. The maximum atomic E-state index is 13.1. The number of benzene rings is 2. The number of thiocarbonyl (C=S) groups is 1. The Bertz CT molecular complexity index is 863. The normalized spacial score (nSPS) is 16.5. The summed E-state index contributed by atoms with van der Waals surface area (Å²) in [5.74, 6) is -1.55. The molecule has 0 aromatic heterocycles. The van der Waals surface area contributed by atoms with Crippen molar-refractivity contribution in [3.8, 4) is 0 Å². The summed E-state index contributed by atoms with van der Waals surface area (Å²) in [5, 5.41) is 2.44. The molecule has 0 unspecified atom stereocenters. The number of nitrogens with one attached hydrogen (secondary N) is 1. The van der Waals surface area contributed by atoms with Crippen LogP contribution in [-0.2, 0) is 9.59 Å². The molecule has 2 aromatic carbocycles. The molecule has 0 aliphatic carbocycles. The van der Waals surface area contributed by atoms with Gasteiger partial charge in [-0.25, -0.2) is 4.39 Å². The first kappa shape index (κ1) is 16.5. The molecule has 0 bridgehead atoms. The Morgan fingerprint density at radius 3 is 2.29 bits per heavy atom. The quantitative estimate of drug-likeness (QED) is 0.473. The highest BCUT2D eigenvalue weighted by atomic mass is 79.9. The van der Waals surface area contributed by atoms with Crippen molar-refractivity contribution in [2.75, 3.05) is 4.90 Å². The van der Waals surface area contributed by atoms with Crippen molar-refractivity contribution in [2.24, 2.45) is 0 Å². The van der Waals surface area contributed by atoms with E-state index in [1.807, 2.05) is 0 Å². The second-order valence-electron chi connectivity index (χ2n) is 4.99. The SMILES string of the molecule is O=C1NC(=S)N(c2ccc(F)cc2)C(=O)/C1=C/c1ccc(Br)cc1. The number of carbonyl (C=O) groups is 2. The number of hydrogen-bond acceptors (Lipinski definition) is 3. The molecule has 24 heavy (non-hydrogen) atoms. The van der Waals surface area contributed by atoms with E-state index in [1.54, 1.807) is 24.3 Å². The number of anilines is 1. The Labute approximate surface area is 151 Å². The van der Waals surface area contributed by atoms with Gasteiger partial charge in [0.1, 0.15) is 11.4 Å². The summed E-state index contributed by atoms with van der Waals surface area (Å²) < 4.78 is 14.0. The fraction of sp³-hybridized carbons (Fsp3) is 0. The largest absolute Gasteiger partial charge is 0.298 e. The molecule has 120 valence electrons. The fourth-order valence-corrected chi connectivity index (χ4v) is 2.75. The van der Waals surface area contributed by atoms with Crippen LogP contribution in [0.15, 0.2) is 58.6 Å². The third-order valence-corrected chi connectivity index (χ3v) is 4.18. The van der Waals surface area contributed by atoms with E-state index < -0.39 is 17.6 Å². The second kappa shape index (κ2) is 6.62. The minimum absolute atomic E-state index is 0.0374. The molecule has 1 aliphatic rings. The van der Waals surface area contributed by atoms with Crippen LogP contribution in [0.1, 0.15) is 5.56 Å². The van der Waals surface area contributed by atoms with Crippen molar-refractivity contribution in [3.63, 3.8) is 0 Å². The van der Waals surface area contributed by atoms with Crippen molar-refractivity contribution in [1.82, 2.24) is 5.32 Å². The van der Waals surface area contributed by atoms with Crippen LogP contribution < -0.4 is 10.2 Å². The molecule has 0 spiro atoms. The van der Waals surface area contributed by atoms with Gasteiger partial charge >= 0.3 is 0 Å². The molecule has 3 rings (SSSR count). The molecule has 2 aromatic rings. The van der Waals surface area contributed by atoms with E-state index in [1.165, 1.54) is 35.2 Å². The van der Waals surface area contributed by atoms with Crippen LogP contribution in [0.25, 0.3) is 6.08 Å². The predicted octanol–water partition coefficient (Wildman–Crippen LogP) is 3.42. The number of rotatable bonds is 2. The highest BCUT2D eigenvalue weighted by Gasteiger charge is 2.34. The summed E-state index contributed by atoms with van der Waals surface area (Å²) in [6.07, 6.45) is 1.49. The lowest BCUT2D eigenvalue weighted by Crippen LogP contribution is -2.54. The van der Waals surface area contributed by atoms with Gasteiger partial charge in [0.05, 0.1) is 5.69 Å². The van der Waals surface area contributed by atoms with Crippen molar-refractivity contribution < 1.29 is 14.0 Å². The van der Waals surface area contributed by atoms with Gasteiger partial charge in [0.15, 0.2) is 5.11 Å². The Balaban J connectivity index is 1.99. The Hall–Kier alpha value is -2.38. The van der Waals surface area contributed by atoms with Crippen molar-refractivity contribution >= 4 is 56.8 Å². The van der Waals surface area contributed by atoms with Crippen LogP contribution in [0, 0.1) is 5.82 Å². The van der Waals surface area contributed by atoms with Gasteiger partial charge in [0, 0.05) is 4.47 Å². The van der Waals surface area contributed by atoms with Gasteiger partial charge in [-0.2, -0.15) is 0 Å². The summed E-state index contributed by atoms with van der Waals surface area (Å²) in [5.41, 5.74) is 1.03. The molecular formula is C17H10BrFN2O2S. The van der Waals surface area contributed by atoms with Crippen molar-refractivity contribution in [3.05, 3.63) is 70.0 Å². The highest BCUT2D eigenvalue weighted by molar-refractivity contribution is 9.10. The smallest absolute Gasteiger partial charge is 0.270 e. The first-order valence-electron chi connectivity index (χ1n) is 6.88. The number of amides is 2. The van der Waals surface area contributed by atoms with E-state index >= 15 is 0 Å². The van der Waals surface area contributed by atoms with Gasteiger partial charge in [-0.15, -0.1) is 0 Å². The predicted molar refractivity (Wildman–Crippen MR) is 96.7 cm³/mol. The molecule has 0 saturated carbocycles. The maximum absolute atomic E-state index is 13.1. The van der Waals surface area contributed by atoms with E-state index in [0.29, 0.717) is 11.3 Å². The molecule has 0 radical (unpaired) electrons. The molecular weight excluding hydrogens is 395 g/mol. The maximum Gasteiger partial charge on any atom is 0.270 e. The van der Waals surface area contributed by atoms with Crippen LogP contribution in [0.3, 0.4) is 0 Å². The fourth-order valence-electron chi connectivity index (χ4n) is 2.21. The zero-order valence-corrected chi connectivity index (χ0v) is 14.5. The summed E-state index contributed by atoms with van der Waals surface area (Å²) in [6.45, 7) is 0. The molecule has 1 saturated heterocycles. The average molecular weight is 405 g/mol. The molecule has 2 amide bonds. The zero-order valence-electron chi connectivity index (χ0n) is 12.1. The van der Waals surface area contributed by atoms with Crippen LogP contribution >= 0.6 is 28.1 Å². The number of hydrogen-bond donors (Lipinski definition) is 1. The van der Waals surface area contributed by atoms with E-state index in [2.05, 4.69) is 21.2 Å². The molecule has 1 aliphatic heterocycles. The van der Waals surface area contributed by atoms with Gasteiger partial charge in [-0.3, -0.25) is 19.8 Å². The van der Waals surface area contributed by atoms with Crippen LogP contribution in [-0.4, -0.2) is 16.9 Å². The summed E-state index contributed by atoms with van der Waals surface area (Å²) >= 11 is 8.40. The van der Waals surface area contributed by atoms with Crippen LogP contribution in [0.2, 0.25) is 0 Å². The van der Waals surface area contributed by atoms with Crippen LogP contribution in [0.5, 0.6) is 0 Å². The summed E-state index contributed by atoms with van der Waals surface area (Å²) in [4.78, 5) is 26.0. The van der Waals surface area contributed by atoms with Gasteiger partial charge in [0.2, 0.25) is 0 Å². The van der Waals surface area contributed by atoms with E-state index in [0.717, 1.165) is 4.47 Å². The molecule has 1 fully saturated rings. The lowest BCUT2D eigenvalue weighted by Gasteiger charge is -2.28. The van der Waals surface area contributed by atoms with Crippen LogP contribution in [0.4, 0.5) is 10.1 Å². The van der Waals surface area contributed by atoms with Gasteiger partial charge < -0.3 is 0 Å². The van der Waals surface area contributed by atoms with E-state index in [4.69, 9.17) is 12.2 Å². The molecule has 7 heteroatoms. The third-order valence-electron chi connectivity index (χ3n) is 3.37. The monoisotopic (exact) mass is 404 g/mol. The van der Waals surface area contributed by atoms with Gasteiger partial charge in [-0.05, 0) is 60.3 Å². The first-order valence-corrected chi connectivity index (χ1v) is 8.08. The third kappa shape index (κ3) is 3.27. The summed E-state index contributed by atoms with van der Waals surface area (Å²) in [7, 11) is 0. The van der Waals surface area contributed by atoms with E-state index in [9.17, 15) is 14.0 Å². The standard InChI is InChI=1S/C17H10BrFN2O2S/c18-11-3-1-10(2-4-11)9-14-15(22)20-17(24)21(16(14)23)13-7-5-12(19)6-8-13/h1-9H,(H,20,22,24)/b14-9+. The van der Waals surface area contributed by atoms with Crippen molar-refractivity contribution in [1.29, 1.82) is 0 Å². The second-order valence-corrected chi connectivity index (χ2v) is 6.29. The lowest BCUT2D eigenvalue weighted by atomic mass is 10.1. The Morgan fingerprint density at radius 2 is 1.67 bits per heavy atom. The minimum Gasteiger partial charge on any atom is -0.298 e. The van der Waals surface area contributed by atoms with E-state index in [-0.39, 0.29) is 10.7 Å². The average Bonchev–Trinajstić information content (AvgIpc) is 2.55. The molecule has 1 heterocycles. The van der Waals surface area contributed by atoms with Crippen molar-refractivity contribution in [2.45, 2.75) is 0 Å². The Kier molecular flexibility index (Phi) is 4.55. The topological polar surface area (TPSA) is 49.4 Å². The number of nitrogens with zero attached hydrogens (tertiary/aromatic N) is 1. The highest BCUT2D eigenvalue weighted by Crippen LogP contribution is 2.22. The lowest BCUT2D eigenvalue weighted by molar-refractivity contribution is -0.122. The summed E-state index contributed by atoms with van der Waals surface area (Å²) in [6, 6.07) is 12.4. The van der Waals surface area contributed by atoms with Gasteiger partial charge in [0.25, 0.3) is 11.8 Å². The number of carbonyl (C=O) groups excluding carboxylic acids is 2. The molecule has 4 nitrogen and oxygen atoms in total. The molecule has 1 N–H and O–H groups in total. The van der Waals surface area contributed by atoms with Gasteiger partial charge in [-0.1, -0.05) is 28.1 Å². The number of halogens is 2. The molecule has 0 atom stereocenters. The zero-order chi connectivity index (χ0) is 17.3. The Morgan fingerprint density at radius 1 is 1.04 bits per heavy atom. The first-order chi connectivity index (χ1) is 11.5.